The van der Waals surface area contributed by atoms with Gasteiger partial charge in [-0.15, -0.1) is 0 Å². The molecule has 0 aromatic heterocycles. The molecule has 2 aliphatic heterocycles. The second-order valence-corrected chi connectivity index (χ2v) is 6.85. The molecule has 7 heteroatoms. The van der Waals surface area contributed by atoms with Crippen LogP contribution in [0.3, 0.4) is 0 Å². The van der Waals surface area contributed by atoms with E-state index < -0.39 is 0 Å². The molecule has 25 heavy (non-hydrogen) atoms. The van der Waals surface area contributed by atoms with Crippen LogP contribution < -0.4 is 0 Å². The van der Waals surface area contributed by atoms with Gasteiger partial charge in [-0.05, 0) is 33.1 Å². The molecule has 0 aromatic rings. The third-order valence-corrected chi connectivity index (χ3v) is 5.16. The van der Waals surface area contributed by atoms with Crippen LogP contribution in [0.1, 0.15) is 39.5 Å². The van der Waals surface area contributed by atoms with Crippen LogP contribution in [0.5, 0.6) is 0 Å². The summed E-state index contributed by atoms with van der Waals surface area (Å²) in [6, 6.07) is 0. The Labute approximate surface area is 150 Å². The second kappa shape index (κ2) is 9.75. The SMILES string of the molecule is CCN(CC)C(=O)CN1CCCN(C(=O)CN2CCCCC2=O)CC1. The van der Waals surface area contributed by atoms with Crippen molar-refractivity contribution >= 4 is 17.7 Å². The number of piperidine rings is 1. The molecule has 0 radical (unpaired) electrons. The van der Waals surface area contributed by atoms with Gasteiger partial charge in [0, 0.05) is 52.2 Å². The largest absolute Gasteiger partial charge is 0.342 e. The Morgan fingerprint density at radius 1 is 0.920 bits per heavy atom. The fourth-order valence-electron chi connectivity index (χ4n) is 3.54. The molecular formula is C18H32N4O3. The van der Waals surface area contributed by atoms with Crippen molar-refractivity contribution in [1.82, 2.24) is 19.6 Å². The zero-order valence-electron chi connectivity index (χ0n) is 15.7. The van der Waals surface area contributed by atoms with E-state index in [9.17, 15) is 14.4 Å². The number of likely N-dealkylation sites (N-methyl/N-ethyl adjacent to an activating group) is 1. The zero-order chi connectivity index (χ0) is 18.2. The average molecular weight is 352 g/mol. The predicted octanol–water partition coefficient (Wildman–Crippen LogP) is 0.402. The minimum atomic E-state index is 0.0344. The Morgan fingerprint density at radius 3 is 2.36 bits per heavy atom. The summed E-state index contributed by atoms with van der Waals surface area (Å²) in [5.41, 5.74) is 0. The van der Waals surface area contributed by atoms with Crippen LogP contribution in [0.2, 0.25) is 0 Å². The fourth-order valence-corrected chi connectivity index (χ4v) is 3.54. The number of hydrogen-bond acceptors (Lipinski definition) is 4. The quantitative estimate of drug-likeness (QED) is 0.694. The van der Waals surface area contributed by atoms with E-state index in [4.69, 9.17) is 0 Å². The van der Waals surface area contributed by atoms with Crippen molar-refractivity contribution in [2.24, 2.45) is 0 Å². The van der Waals surface area contributed by atoms with Gasteiger partial charge < -0.3 is 14.7 Å². The van der Waals surface area contributed by atoms with Gasteiger partial charge in [-0.25, -0.2) is 0 Å². The van der Waals surface area contributed by atoms with Crippen LogP contribution in [0.15, 0.2) is 0 Å². The van der Waals surface area contributed by atoms with Gasteiger partial charge in [0.05, 0.1) is 13.1 Å². The van der Waals surface area contributed by atoms with Crippen LogP contribution in [0.25, 0.3) is 0 Å². The Kier molecular flexibility index (Phi) is 7.68. The fraction of sp³-hybridized carbons (Fsp3) is 0.833. The maximum Gasteiger partial charge on any atom is 0.242 e. The van der Waals surface area contributed by atoms with Crippen molar-refractivity contribution in [3.63, 3.8) is 0 Å². The lowest BCUT2D eigenvalue weighted by molar-refractivity contribution is -0.141. The van der Waals surface area contributed by atoms with E-state index in [1.165, 1.54) is 0 Å². The monoisotopic (exact) mass is 352 g/mol. The molecule has 3 amide bonds. The molecule has 0 aliphatic carbocycles. The van der Waals surface area contributed by atoms with E-state index >= 15 is 0 Å². The van der Waals surface area contributed by atoms with Crippen molar-refractivity contribution in [2.45, 2.75) is 39.5 Å². The van der Waals surface area contributed by atoms with Crippen molar-refractivity contribution in [3.05, 3.63) is 0 Å². The summed E-state index contributed by atoms with van der Waals surface area (Å²) in [4.78, 5) is 44.2. The molecule has 142 valence electrons. The van der Waals surface area contributed by atoms with Gasteiger partial charge in [0.2, 0.25) is 17.7 Å². The van der Waals surface area contributed by atoms with E-state index in [0.29, 0.717) is 39.1 Å². The van der Waals surface area contributed by atoms with E-state index in [2.05, 4.69) is 4.90 Å². The number of carbonyl (C=O) groups excluding carboxylic acids is 3. The Hall–Kier alpha value is -1.63. The number of rotatable bonds is 6. The zero-order valence-corrected chi connectivity index (χ0v) is 15.7. The van der Waals surface area contributed by atoms with E-state index in [1.54, 1.807) is 4.90 Å². The van der Waals surface area contributed by atoms with Crippen molar-refractivity contribution in [3.8, 4) is 0 Å². The number of carbonyl (C=O) groups is 3. The third-order valence-electron chi connectivity index (χ3n) is 5.16. The maximum atomic E-state index is 12.5. The van der Waals surface area contributed by atoms with Gasteiger partial charge in [-0.3, -0.25) is 19.3 Å². The number of hydrogen-bond donors (Lipinski definition) is 0. The third kappa shape index (κ3) is 5.70. The molecule has 7 nitrogen and oxygen atoms in total. The van der Waals surface area contributed by atoms with E-state index in [-0.39, 0.29) is 24.3 Å². The van der Waals surface area contributed by atoms with Gasteiger partial charge in [0.1, 0.15) is 0 Å². The van der Waals surface area contributed by atoms with Gasteiger partial charge in [0.25, 0.3) is 0 Å². The molecule has 2 fully saturated rings. The number of amides is 3. The number of likely N-dealkylation sites (tertiary alicyclic amines) is 1. The van der Waals surface area contributed by atoms with Crippen LogP contribution >= 0.6 is 0 Å². The molecule has 0 aromatic carbocycles. The molecule has 0 spiro atoms. The highest BCUT2D eigenvalue weighted by molar-refractivity contribution is 5.85. The first kappa shape index (κ1) is 19.7. The highest BCUT2D eigenvalue weighted by Gasteiger charge is 2.25. The van der Waals surface area contributed by atoms with E-state index in [0.717, 1.165) is 38.9 Å². The molecule has 0 atom stereocenters. The van der Waals surface area contributed by atoms with Gasteiger partial charge >= 0.3 is 0 Å². The van der Waals surface area contributed by atoms with Crippen molar-refractivity contribution in [2.75, 3.05) is 58.9 Å². The minimum absolute atomic E-state index is 0.0344. The summed E-state index contributed by atoms with van der Waals surface area (Å²) in [7, 11) is 0. The van der Waals surface area contributed by atoms with Crippen LogP contribution in [-0.2, 0) is 14.4 Å². The Bertz CT molecular complexity index is 479. The highest BCUT2D eigenvalue weighted by atomic mass is 16.2. The minimum Gasteiger partial charge on any atom is -0.342 e. The summed E-state index contributed by atoms with van der Waals surface area (Å²) in [5.74, 6) is 0.289. The van der Waals surface area contributed by atoms with Crippen molar-refractivity contribution < 1.29 is 14.4 Å². The molecule has 2 saturated heterocycles. The van der Waals surface area contributed by atoms with Gasteiger partial charge in [-0.1, -0.05) is 0 Å². The maximum absolute atomic E-state index is 12.5. The second-order valence-electron chi connectivity index (χ2n) is 6.85. The topological polar surface area (TPSA) is 64.2 Å². The first-order chi connectivity index (χ1) is 12.0. The lowest BCUT2D eigenvalue weighted by Crippen LogP contribution is -2.46. The molecule has 0 N–H and O–H groups in total. The van der Waals surface area contributed by atoms with Crippen LogP contribution in [-0.4, -0.2) is 96.2 Å². The predicted molar refractivity (Wildman–Crippen MR) is 96.0 cm³/mol. The summed E-state index contributed by atoms with van der Waals surface area (Å²) in [6.45, 7) is 9.66. The molecular weight excluding hydrogens is 320 g/mol. The summed E-state index contributed by atoms with van der Waals surface area (Å²) in [6.07, 6.45) is 3.35. The Balaban J connectivity index is 1.81. The normalized spacial score (nSPS) is 19.7. The Morgan fingerprint density at radius 2 is 1.68 bits per heavy atom. The highest BCUT2D eigenvalue weighted by Crippen LogP contribution is 2.11. The smallest absolute Gasteiger partial charge is 0.242 e. The van der Waals surface area contributed by atoms with Gasteiger partial charge in [0.15, 0.2) is 0 Å². The molecule has 0 saturated carbocycles. The summed E-state index contributed by atoms with van der Waals surface area (Å²) < 4.78 is 0. The standard InChI is InChI=1S/C18H32N4O3/c1-3-20(4-2)17(24)14-19-9-7-11-21(13-12-19)18(25)15-22-10-6-5-8-16(22)23/h3-15H2,1-2H3. The number of nitrogens with zero attached hydrogens (tertiary/aromatic N) is 4. The molecule has 2 aliphatic rings. The lowest BCUT2D eigenvalue weighted by Gasteiger charge is -2.29. The lowest BCUT2D eigenvalue weighted by atomic mass is 10.1. The average Bonchev–Trinajstić information content (AvgIpc) is 2.83. The van der Waals surface area contributed by atoms with Crippen molar-refractivity contribution in [1.29, 1.82) is 0 Å². The first-order valence-corrected chi connectivity index (χ1v) is 9.60. The first-order valence-electron chi connectivity index (χ1n) is 9.60. The molecule has 2 rings (SSSR count). The van der Waals surface area contributed by atoms with E-state index in [1.807, 2.05) is 23.6 Å². The summed E-state index contributed by atoms with van der Waals surface area (Å²) in [5, 5.41) is 0. The molecule has 2 heterocycles. The summed E-state index contributed by atoms with van der Waals surface area (Å²) >= 11 is 0. The molecule has 0 bridgehead atoms. The van der Waals surface area contributed by atoms with Gasteiger partial charge in [-0.2, -0.15) is 0 Å². The molecule has 0 unspecified atom stereocenters. The van der Waals surface area contributed by atoms with Crippen LogP contribution in [0.4, 0.5) is 0 Å². The van der Waals surface area contributed by atoms with Crippen LogP contribution in [0, 0.1) is 0 Å².